The first-order chi connectivity index (χ1) is 6.85. The van der Waals surface area contributed by atoms with E-state index >= 15 is 0 Å². The molecule has 88 valence electrons. The highest BCUT2D eigenvalue weighted by molar-refractivity contribution is 7.46. The summed E-state index contributed by atoms with van der Waals surface area (Å²) in [5, 5.41) is 8.94. The summed E-state index contributed by atoms with van der Waals surface area (Å²) in [5.74, 6) is -0.0203. The molecule has 6 nitrogen and oxygen atoms in total. The Morgan fingerprint density at radius 3 is 2.53 bits per heavy atom. The summed E-state index contributed by atoms with van der Waals surface area (Å²) in [6.07, 6.45) is 1.61. The van der Waals surface area contributed by atoms with Crippen LogP contribution in [0.25, 0.3) is 0 Å². The van der Waals surface area contributed by atoms with Gasteiger partial charge in [0, 0.05) is 13.1 Å². The molecule has 0 saturated heterocycles. The smallest absolute Gasteiger partial charge is 0.469 e. The average molecular weight is 237 g/mol. The molecule has 0 saturated carbocycles. The molecule has 0 rings (SSSR count). The van der Waals surface area contributed by atoms with Gasteiger partial charge in [-0.2, -0.15) is 0 Å². The number of aliphatic hydroxyl groups is 1. The van der Waals surface area contributed by atoms with Crippen LogP contribution in [-0.2, 0) is 9.09 Å². The molecular weight excluding hydrogens is 221 g/mol. The van der Waals surface area contributed by atoms with Crippen LogP contribution in [-0.4, -0.2) is 46.0 Å². The first-order valence-corrected chi connectivity index (χ1v) is 5.78. The Labute approximate surface area is 88.7 Å². The molecule has 0 unspecified atom stereocenters. The molecule has 0 heterocycles. The zero-order valence-corrected chi connectivity index (χ0v) is 9.27. The normalized spacial score (nSPS) is 11.7. The maximum Gasteiger partial charge on any atom is 0.469 e. The lowest BCUT2D eigenvalue weighted by Gasteiger charge is -2.19. The number of aliphatic hydroxyl groups excluding tert-OH is 1. The fourth-order valence-electron chi connectivity index (χ4n) is 0.964. The molecule has 0 bridgehead atoms. The number of hydrogen-bond acceptors (Lipinski definition) is 4. The van der Waals surface area contributed by atoms with E-state index in [-0.39, 0.29) is 25.5 Å². The minimum Gasteiger partial charge on any atom is -0.512 e. The van der Waals surface area contributed by atoms with E-state index in [4.69, 9.17) is 14.9 Å². The van der Waals surface area contributed by atoms with Crippen LogP contribution in [0.3, 0.4) is 0 Å². The van der Waals surface area contributed by atoms with Gasteiger partial charge in [0.2, 0.25) is 0 Å². The van der Waals surface area contributed by atoms with Gasteiger partial charge in [0.05, 0.1) is 18.9 Å². The van der Waals surface area contributed by atoms with E-state index < -0.39 is 7.82 Å². The molecule has 0 aliphatic rings. The van der Waals surface area contributed by atoms with Gasteiger partial charge in [0.15, 0.2) is 0 Å². The highest BCUT2D eigenvalue weighted by Gasteiger charge is 2.14. The Balaban J connectivity index is 3.90. The maximum absolute atomic E-state index is 10.4. The van der Waals surface area contributed by atoms with Crippen molar-refractivity contribution in [2.45, 2.75) is 0 Å². The Hall–Kier alpha value is -0.650. The van der Waals surface area contributed by atoms with Crippen molar-refractivity contribution in [3.8, 4) is 0 Å². The fraction of sp³-hybridized carbons (Fsp3) is 0.500. The predicted molar refractivity (Wildman–Crippen MR) is 56.4 cm³/mol. The minimum atomic E-state index is -4.41. The molecule has 0 radical (unpaired) electrons. The van der Waals surface area contributed by atoms with Gasteiger partial charge in [0.25, 0.3) is 0 Å². The van der Waals surface area contributed by atoms with Crippen LogP contribution in [0, 0.1) is 0 Å². The van der Waals surface area contributed by atoms with Crippen molar-refractivity contribution in [3.63, 3.8) is 0 Å². The fourth-order valence-corrected chi connectivity index (χ4v) is 1.28. The SMILES string of the molecule is C=CCN(CCOP(=O)(O)O)CC(=C)O. The van der Waals surface area contributed by atoms with Crippen molar-refractivity contribution in [1.82, 2.24) is 4.90 Å². The average Bonchev–Trinajstić information content (AvgIpc) is 2.00. The largest absolute Gasteiger partial charge is 0.512 e. The van der Waals surface area contributed by atoms with Crippen molar-refractivity contribution in [1.29, 1.82) is 0 Å². The van der Waals surface area contributed by atoms with E-state index in [2.05, 4.69) is 17.7 Å². The van der Waals surface area contributed by atoms with E-state index in [9.17, 15) is 4.57 Å². The van der Waals surface area contributed by atoms with Crippen LogP contribution in [0.4, 0.5) is 0 Å². The molecule has 0 fully saturated rings. The molecule has 0 aromatic rings. The highest BCUT2D eigenvalue weighted by Crippen LogP contribution is 2.35. The molecule has 0 amide bonds. The van der Waals surface area contributed by atoms with Gasteiger partial charge in [-0.05, 0) is 0 Å². The van der Waals surface area contributed by atoms with Gasteiger partial charge in [-0.3, -0.25) is 9.42 Å². The van der Waals surface area contributed by atoms with Crippen LogP contribution < -0.4 is 0 Å². The first-order valence-electron chi connectivity index (χ1n) is 4.25. The van der Waals surface area contributed by atoms with Gasteiger partial charge in [-0.25, -0.2) is 4.57 Å². The lowest BCUT2D eigenvalue weighted by molar-refractivity contribution is 0.165. The van der Waals surface area contributed by atoms with Crippen LogP contribution in [0.1, 0.15) is 0 Å². The van der Waals surface area contributed by atoms with Gasteiger partial charge in [0.1, 0.15) is 0 Å². The van der Waals surface area contributed by atoms with E-state index in [0.717, 1.165) is 0 Å². The summed E-state index contributed by atoms with van der Waals surface area (Å²) in [6, 6.07) is 0. The summed E-state index contributed by atoms with van der Waals surface area (Å²) in [4.78, 5) is 18.5. The summed E-state index contributed by atoms with van der Waals surface area (Å²) in [7, 11) is -4.41. The molecule has 7 heteroatoms. The van der Waals surface area contributed by atoms with Crippen molar-refractivity contribution in [2.75, 3.05) is 26.2 Å². The van der Waals surface area contributed by atoms with Crippen LogP contribution in [0.15, 0.2) is 25.0 Å². The maximum atomic E-state index is 10.4. The zero-order valence-electron chi connectivity index (χ0n) is 8.37. The lowest BCUT2D eigenvalue weighted by atomic mass is 10.4. The summed E-state index contributed by atoms with van der Waals surface area (Å²) in [6.45, 7) is 7.69. The van der Waals surface area contributed by atoms with E-state index in [1.807, 2.05) is 0 Å². The molecule has 0 spiro atoms. The van der Waals surface area contributed by atoms with Gasteiger partial charge in [-0.1, -0.05) is 12.7 Å². The van der Waals surface area contributed by atoms with Crippen molar-refractivity contribution in [3.05, 3.63) is 25.0 Å². The summed E-state index contributed by atoms with van der Waals surface area (Å²) in [5.41, 5.74) is 0. The Bertz CT molecular complexity index is 262. The number of nitrogens with zero attached hydrogens (tertiary/aromatic N) is 1. The highest BCUT2D eigenvalue weighted by atomic mass is 31.2. The van der Waals surface area contributed by atoms with E-state index in [1.165, 1.54) is 0 Å². The number of hydrogen-bond donors (Lipinski definition) is 3. The van der Waals surface area contributed by atoms with E-state index in [1.54, 1.807) is 11.0 Å². The van der Waals surface area contributed by atoms with Crippen LogP contribution >= 0.6 is 7.82 Å². The molecule has 15 heavy (non-hydrogen) atoms. The molecule has 3 N–H and O–H groups in total. The molecule has 0 aliphatic heterocycles. The molecule has 0 aromatic heterocycles. The van der Waals surface area contributed by atoms with Gasteiger partial charge in [-0.15, -0.1) is 6.58 Å². The molecule has 0 aromatic carbocycles. The minimum absolute atomic E-state index is 0.0203. The second-order valence-corrected chi connectivity index (χ2v) is 4.15. The first kappa shape index (κ1) is 14.3. The third-order valence-corrected chi connectivity index (χ3v) is 1.98. The third kappa shape index (κ3) is 9.65. The molecule has 0 aliphatic carbocycles. The van der Waals surface area contributed by atoms with Gasteiger partial charge < -0.3 is 14.9 Å². The third-order valence-electron chi connectivity index (χ3n) is 1.46. The van der Waals surface area contributed by atoms with Crippen molar-refractivity contribution < 1.29 is 24.0 Å². The molecule has 0 atom stereocenters. The number of rotatable bonds is 8. The standard InChI is InChI=1S/C8H16NO5P/c1-3-4-9(7-8(2)10)5-6-14-15(11,12)13/h3,10H,1-2,4-7H2,(H2,11,12,13). The van der Waals surface area contributed by atoms with Crippen molar-refractivity contribution in [2.24, 2.45) is 0 Å². The Morgan fingerprint density at radius 1 is 1.53 bits per heavy atom. The van der Waals surface area contributed by atoms with E-state index in [0.29, 0.717) is 6.54 Å². The second-order valence-electron chi connectivity index (χ2n) is 2.91. The lowest BCUT2D eigenvalue weighted by Crippen LogP contribution is -2.29. The Morgan fingerprint density at radius 2 is 2.13 bits per heavy atom. The Kier molecular flexibility index (Phi) is 6.47. The topological polar surface area (TPSA) is 90.2 Å². The van der Waals surface area contributed by atoms with Crippen molar-refractivity contribution >= 4 is 7.82 Å². The zero-order chi connectivity index (χ0) is 11.9. The van der Waals surface area contributed by atoms with Gasteiger partial charge >= 0.3 is 7.82 Å². The molecular formula is C8H16NO5P. The van der Waals surface area contributed by atoms with Crippen LogP contribution in [0.2, 0.25) is 0 Å². The quantitative estimate of drug-likeness (QED) is 0.326. The summed E-state index contributed by atoms with van der Waals surface area (Å²) >= 11 is 0. The number of phosphoric ester groups is 1. The summed E-state index contributed by atoms with van der Waals surface area (Å²) < 4.78 is 14.6. The van der Waals surface area contributed by atoms with Crippen LogP contribution in [0.5, 0.6) is 0 Å². The number of phosphoric acid groups is 1. The monoisotopic (exact) mass is 237 g/mol. The predicted octanol–water partition coefficient (Wildman–Crippen LogP) is 0.655. The second kappa shape index (κ2) is 6.76.